The highest BCUT2D eigenvalue weighted by Crippen LogP contribution is 2.55. The molecular weight excluding hydrogens is 294 g/mol. The van der Waals surface area contributed by atoms with Crippen LogP contribution in [0.5, 0.6) is 0 Å². The van der Waals surface area contributed by atoms with Crippen LogP contribution in [0, 0.1) is 5.92 Å². The number of fused-ring (bicyclic) bond motifs is 1. The van der Waals surface area contributed by atoms with Crippen LogP contribution in [0.25, 0.3) is 0 Å². The van der Waals surface area contributed by atoms with Crippen LogP contribution >= 0.6 is 22.7 Å². The second kappa shape index (κ2) is 4.62. The molecule has 6 heteroatoms. The first-order valence-corrected chi connectivity index (χ1v) is 8.32. The predicted octanol–water partition coefficient (Wildman–Crippen LogP) is 3.45. The van der Waals surface area contributed by atoms with Crippen molar-refractivity contribution in [2.24, 2.45) is 10.9 Å². The fourth-order valence-corrected chi connectivity index (χ4v) is 5.06. The van der Waals surface area contributed by atoms with Gasteiger partial charge in [-0.1, -0.05) is 34.8 Å². The van der Waals surface area contributed by atoms with Crippen LogP contribution in [-0.4, -0.2) is 19.1 Å². The lowest BCUT2D eigenvalue weighted by molar-refractivity contribution is 0.268. The van der Waals surface area contributed by atoms with E-state index in [0.29, 0.717) is 10.9 Å². The Morgan fingerprint density at radius 1 is 1.30 bits per heavy atom. The minimum absolute atomic E-state index is 0.544. The quantitative estimate of drug-likeness (QED) is 0.853. The van der Waals surface area contributed by atoms with Gasteiger partial charge in [0.25, 0.3) is 0 Å². The van der Waals surface area contributed by atoms with E-state index in [4.69, 9.17) is 11.6 Å². The number of imidazole rings is 1. The van der Waals surface area contributed by atoms with Crippen LogP contribution in [-0.2, 0) is 0 Å². The first kappa shape index (κ1) is 12.4. The van der Waals surface area contributed by atoms with E-state index in [1.165, 1.54) is 12.8 Å². The molecule has 2 aromatic rings. The summed E-state index contributed by atoms with van der Waals surface area (Å²) in [5.74, 6) is 1.41. The number of aromatic nitrogens is 2. The summed E-state index contributed by atoms with van der Waals surface area (Å²) < 4.78 is 2.03. The topological polar surface area (TPSA) is 50.4 Å². The van der Waals surface area contributed by atoms with E-state index in [1.807, 2.05) is 28.2 Å². The van der Waals surface area contributed by atoms with Crippen molar-refractivity contribution >= 4 is 33.5 Å². The highest BCUT2D eigenvalue weighted by molar-refractivity contribution is 8.29. The molecule has 1 aliphatic heterocycles. The van der Waals surface area contributed by atoms with Crippen LogP contribution in [0.1, 0.15) is 23.8 Å². The number of rotatable bonds is 3. The number of aliphatic imine (C=N–C) groups is 1. The van der Waals surface area contributed by atoms with Gasteiger partial charge in [-0.2, -0.15) is 0 Å². The maximum absolute atomic E-state index is 10.8. The molecule has 2 unspecified atom stereocenters. The van der Waals surface area contributed by atoms with Crippen molar-refractivity contribution in [3.8, 4) is 0 Å². The molecule has 1 saturated carbocycles. The predicted molar refractivity (Wildman–Crippen MR) is 82.8 cm³/mol. The summed E-state index contributed by atoms with van der Waals surface area (Å²) in [6.45, 7) is 0. The molecule has 1 aliphatic carbocycles. The van der Waals surface area contributed by atoms with E-state index in [1.54, 1.807) is 12.5 Å². The van der Waals surface area contributed by atoms with Gasteiger partial charge in [-0.15, -0.1) is 0 Å². The van der Waals surface area contributed by atoms with Gasteiger partial charge in [0, 0.05) is 10.9 Å². The molecule has 1 aromatic carbocycles. The second-order valence-corrected chi connectivity index (χ2v) is 7.61. The third-order valence-corrected chi connectivity index (χ3v) is 6.36. The number of nitrogens with zero attached hydrogens (tertiary/aromatic N) is 3. The van der Waals surface area contributed by atoms with Gasteiger partial charge in [0.15, 0.2) is 5.82 Å². The third-order valence-electron chi connectivity index (χ3n) is 3.64. The smallest absolute Gasteiger partial charge is 0.162 e. The number of aliphatic hydroxyl groups excluding tert-OH is 1. The first-order valence-electron chi connectivity index (χ1n) is 6.58. The van der Waals surface area contributed by atoms with Gasteiger partial charge in [-0.25, -0.2) is 9.98 Å². The van der Waals surface area contributed by atoms with E-state index < -0.39 is 16.5 Å². The molecule has 2 heterocycles. The maximum atomic E-state index is 10.8. The van der Waals surface area contributed by atoms with Gasteiger partial charge >= 0.3 is 0 Å². The fraction of sp³-hybridized carbons (Fsp3) is 0.286. The van der Waals surface area contributed by atoms with E-state index in [2.05, 4.69) is 9.98 Å². The highest BCUT2D eigenvalue weighted by Gasteiger charge is 2.39. The Balaban J connectivity index is 1.72. The molecular formula is C14H14ClN3OS. The minimum Gasteiger partial charge on any atom is -0.378 e. The molecule has 0 saturated heterocycles. The zero-order valence-corrected chi connectivity index (χ0v) is 12.3. The van der Waals surface area contributed by atoms with E-state index >= 15 is 0 Å². The molecule has 20 heavy (non-hydrogen) atoms. The van der Waals surface area contributed by atoms with Crippen molar-refractivity contribution in [1.29, 1.82) is 0 Å². The van der Waals surface area contributed by atoms with E-state index in [9.17, 15) is 5.11 Å². The molecule has 0 amide bonds. The lowest BCUT2D eigenvalue weighted by atomic mass is 10.2. The summed E-state index contributed by atoms with van der Waals surface area (Å²) in [5, 5.41) is 12.6. The summed E-state index contributed by atoms with van der Waals surface area (Å²) in [7, 11) is 0. The Morgan fingerprint density at radius 2 is 2.05 bits per heavy atom. The Bertz CT molecular complexity index is 678. The van der Waals surface area contributed by atoms with E-state index in [0.717, 1.165) is 16.4 Å². The summed E-state index contributed by atoms with van der Waals surface area (Å²) in [6, 6.07) is 7.39. The zero-order chi connectivity index (χ0) is 13.7. The lowest BCUT2D eigenvalue weighted by Crippen LogP contribution is -2.11. The molecule has 1 N–H and O–H groups in total. The summed E-state index contributed by atoms with van der Waals surface area (Å²) >= 11 is 5.02. The third kappa shape index (κ3) is 1.97. The Labute approximate surface area is 124 Å². The SMILES string of the molecule is OC(c1ccc(Cl)cc1)[SH]1C(C2CC2)=Nc2cncn21. The molecule has 0 radical (unpaired) electrons. The summed E-state index contributed by atoms with van der Waals surface area (Å²) in [4.78, 5) is 8.82. The van der Waals surface area contributed by atoms with Crippen LogP contribution in [0.15, 0.2) is 41.8 Å². The van der Waals surface area contributed by atoms with Crippen LogP contribution in [0.4, 0.5) is 5.82 Å². The van der Waals surface area contributed by atoms with Crippen molar-refractivity contribution in [3.63, 3.8) is 0 Å². The molecule has 1 fully saturated rings. The van der Waals surface area contributed by atoms with Crippen molar-refractivity contribution in [2.75, 3.05) is 0 Å². The van der Waals surface area contributed by atoms with Crippen molar-refractivity contribution < 1.29 is 5.11 Å². The van der Waals surface area contributed by atoms with Gasteiger partial charge in [0.2, 0.25) is 0 Å². The Morgan fingerprint density at radius 3 is 2.75 bits per heavy atom. The molecule has 2 aliphatic rings. The largest absolute Gasteiger partial charge is 0.378 e. The molecule has 0 bridgehead atoms. The Hall–Kier alpha value is -1.30. The monoisotopic (exact) mass is 307 g/mol. The zero-order valence-electron chi connectivity index (χ0n) is 10.6. The van der Waals surface area contributed by atoms with Crippen LogP contribution < -0.4 is 0 Å². The number of aliphatic hydroxyl groups is 1. The lowest BCUT2D eigenvalue weighted by Gasteiger charge is -2.26. The molecule has 4 rings (SSSR count). The fourth-order valence-electron chi connectivity index (χ4n) is 2.45. The number of benzene rings is 1. The average Bonchev–Trinajstić information content (AvgIpc) is 3.08. The molecule has 1 aromatic heterocycles. The van der Waals surface area contributed by atoms with E-state index in [-0.39, 0.29) is 0 Å². The highest BCUT2D eigenvalue weighted by atomic mass is 35.5. The Kier molecular flexibility index (Phi) is 2.87. The number of halogens is 1. The molecule has 104 valence electrons. The number of thiol groups is 1. The summed E-state index contributed by atoms with van der Waals surface area (Å²) in [5.41, 5.74) is 0.326. The van der Waals surface area contributed by atoms with Gasteiger partial charge in [-0.3, -0.25) is 3.97 Å². The van der Waals surface area contributed by atoms with Gasteiger partial charge < -0.3 is 5.11 Å². The van der Waals surface area contributed by atoms with Gasteiger partial charge in [0.05, 0.1) is 11.2 Å². The van der Waals surface area contributed by atoms with Gasteiger partial charge in [0.1, 0.15) is 11.8 Å². The second-order valence-electron chi connectivity index (χ2n) is 5.11. The molecule has 2 atom stereocenters. The van der Waals surface area contributed by atoms with Gasteiger partial charge in [-0.05, 0) is 30.5 Å². The number of hydrogen-bond acceptors (Lipinski definition) is 3. The average molecular weight is 308 g/mol. The summed E-state index contributed by atoms with van der Waals surface area (Å²) in [6.07, 6.45) is 5.91. The molecule has 4 nitrogen and oxygen atoms in total. The standard InChI is InChI=1S/C14H14ClN3OS/c15-11-5-3-10(4-6-11)14(19)20-13(9-1-2-9)17-12-7-16-8-18(12)20/h3-9,14,19-20H,1-2H2. The van der Waals surface area contributed by atoms with Crippen molar-refractivity contribution in [2.45, 2.75) is 18.3 Å². The number of hydrogen-bond donors (Lipinski definition) is 2. The van der Waals surface area contributed by atoms with Crippen LogP contribution in [0.3, 0.4) is 0 Å². The minimum atomic E-state index is -0.895. The molecule has 0 spiro atoms. The van der Waals surface area contributed by atoms with Crippen molar-refractivity contribution in [3.05, 3.63) is 47.4 Å². The van der Waals surface area contributed by atoms with Crippen LogP contribution in [0.2, 0.25) is 5.02 Å². The normalized spacial score (nSPS) is 24.3. The first-order chi connectivity index (χ1) is 9.74. The van der Waals surface area contributed by atoms with Crippen molar-refractivity contribution in [1.82, 2.24) is 8.96 Å². The maximum Gasteiger partial charge on any atom is 0.162 e.